The third-order valence-electron chi connectivity index (χ3n) is 4.88. The topological polar surface area (TPSA) is 75.7 Å². The summed E-state index contributed by atoms with van der Waals surface area (Å²) in [4.78, 5) is 15.5. The molecule has 0 saturated carbocycles. The number of ether oxygens (including phenoxy) is 1. The standard InChI is InChI=1S/C19H26N2O4S2/c1-26-18-8-7-16(13-17(18)19(22)21-9-11-25-12-10-21)27(23,24)20-14-15-5-3-2-4-6-15/h5,7-8,13,20H,2-4,6,9-12,14H2,1H3. The number of rotatable bonds is 6. The van der Waals surface area contributed by atoms with Gasteiger partial charge in [0.2, 0.25) is 10.0 Å². The number of nitrogens with zero attached hydrogens (tertiary/aromatic N) is 1. The van der Waals surface area contributed by atoms with Gasteiger partial charge in [0.1, 0.15) is 0 Å². The number of carbonyl (C=O) groups is 1. The molecule has 6 nitrogen and oxygen atoms in total. The fourth-order valence-corrected chi connectivity index (χ4v) is 4.93. The van der Waals surface area contributed by atoms with E-state index in [9.17, 15) is 13.2 Å². The van der Waals surface area contributed by atoms with Crippen molar-refractivity contribution >= 4 is 27.7 Å². The Morgan fingerprint density at radius 1 is 1.26 bits per heavy atom. The summed E-state index contributed by atoms with van der Waals surface area (Å²) in [6.45, 7) is 2.40. The van der Waals surface area contributed by atoms with E-state index in [-0.39, 0.29) is 10.8 Å². The molecule has 1 fully saturated rings. The maximum atomic E-state index is 12.9. The number of allylic oxidation sites excluding steroid dienone is 1. The highest BCUT2D eigenvalue weighted by Gasteiger charge is 2.24. The number of benzene rings is 1. The molecule has 2 aliphatic rings. The number of nitrogens with one attached hydrogen (secondary N) is 1. The number of sulfonamides is 1. The van der Waals surface area contributed by atoms with Gasteiger partial charge in [-0.2, -0.15) is 0 Å². The minimum atomic E-state index is -3.67. The first-order valence-corrected chi connectivity index (χ1v) is 11.9. The Kier molecular flexibility index (Phi) is 6.97. The summed E-state index contributed by atoms with van der Waals surface area (Å²) in [5, 5.41) is 0. The van der Waals surface area contributed by atoms with E-state index < -0.39 is 10.0 Å². The van der Waals surface area contributed by atoms with Crippen molar-refractivity contribution in [1.29, 1.82) is 0 Å². The average molecular weight is 411 g/mol. The van der Waals surface area contributed by atoms with E-state index in [1.165, 1.54) is 24.2 Å². The largest absolute Gasteiger partial charge is 0.378 e. The number of amides is 1. The lowest BCUT2D eigenvalue weighted by atomic mass is 10.0. The van der Waals surface area contributed by atoms with Crippen molar-refractivity contribution in [3.05, 3.63) is 35.4 Å². The molecule has 1 aliphatic heterocycles. The molecule has 1 aromatic carbocycles. The number of morpholine rings is 1. The highest BCUT2D eigenvalue weighted by atomic mass is 32.2. The predicted octanol–water partition coefficient (Wildman–Crippen LogP) is 2.66. The molecule has 3 rings (SSSR count). The number of carbonyl (C=O) groups excluding carboxylic acids is 1. The van der Waals surface area contributed by atoms with Crippen LogP contribution >= 0.6 is 11.8 Å². The molecule has 0 radical (unpaired) electrons. The van der Waals surface area contributed by atoms with Crippen molar-refractivity contribution < 1.29 is 17.9 Å². The molecular formula is C19H26N2O4S2. The summed E-state index contributed by atoms with van der Waals surface area (Å²) in [5.41, 5.74) is 1.57. The first-order valence-electron chi connectivity index (χ1n) is 9.24. The van der Waals surface area contributed by atoms with Gasteiger partial charge in [0.25, 0.3) is 5.91 Å². The van der Waals surface area contributed by atoms with Gasteiger partial charge in [-0.25, -0.2) is 13.1 Å². The second kappa shape index (κ2) is 9.23. The Morgan fingerprint density at radius 3 is 2.70 bits per heavy atom. The van der Waals surface area contributed by atoms with E-state index in [1.54, 1.807) is 17.0 Å². The van der Waals surface area contributed by atoms with Gasteiger partial charge in [-0.1, -0.05) is 11.6 Å². The fraction of sp³-hybridized carbons (Fsp3) is 0.526. The molecule has 27 heavy (non-hydrogen) atoms. The molecule has 0 bridgehead atoms. The zero-order valence-electron chi connectivity index (χ0n) is 15.6. The molecule has 1 amide bonds. The highest BCUT2D eigenvalue weighted by molar-refractivity contribution is 7.98. The Labute approximate surface area is 165 Å². The van der Waals surface area contributed by atoms with Crippen LogP contribution in [0.5, 0.6) is 0 Å². The lowest BCUT2D eigenvalue weighted by Gasteiger charge is -2.27. The Bertz CT molecular complexity index is 815. The normalized spacial score (nSPS) is 18.3. The van der Waals surface area contributed by atoms with E-state index in [2.05, 4.69) is 10.8 Å². The first-order chi connectivity index (χ1) is 13.0. The fourth-order valence-electron chi connectivity index (χ4n) is 3.29. The Hall–Kier alpha value is -1.35. The first kappa shape index (κ1) is 20.4. The Morgan fingerprint density at radius 2 is 2.04 bits per heavy atom. The van der Waals surface area contributed by atoms with Crippen molar-refractivity contribution in [2.24, 2.45) is 0 Å². The molecule has 1 heterocycles. The maximum absolute atomic E-state index is 12.9. The number of hydrogen-bond acceptors (Lipinski definition) is 5. The quantitative estimate of drug-likeness (QED) is 0.576. The van der Waals surface area contributed by atoms with Gasteiger partial charge in [0.05, 0.1) is 23.7 Å². The summed E-state index contributed by atoms with van der Waals surface area (Å²) < 4.78 is 33.5. The molecule has 0 aromatic heterocycles. The maximum Gasteiger partial charge on any atom is 0.255 e. The molecule has 1 aliphatic carbocycles. The number of thioether (sulfide) groups is 1. The molecule has 1 saturated heterocycles. The van der Waals surface area contributed by atoms with Crippen LogP contribution in [-0.4, -0.2) is 58.3 Å². The van der Waals surface area contributed by atoms with Gasteiger partial charge in [-0.15, -0.1) is 11.8 Å². The monoisotopic (exact) mass is 410 g/mol. The summed E-state index contributed by atoms with van der Waals surface area (Å²) in [7, 11) is -3.67. The lowest BCUT2D eigenvalue weighted by Crippen LogP contribution is -2.41. The van der Waals surface area contributed by atoms with Crippen molar-refractivity contribution in [3.63, 3.8) is 0 Å². The Balaban J connectivity index is 1.80. The lowest BCUT2D eigenvalue weighted by molar-refractivity contribution is 0.0300. The number of hydrogen-bond donors (Lipinski definition) is 1. The summed E-state index contributed by atoms with van der Waals surface area (Å²) in [6, 6.07) is 4.79. The van der Waals surface area contributed by atoms with Crippen LogP contribution < -0.4 is 4.72 Å². The predicted molar refractivity (Wildman–Crippen MR) is 107 cm³/mol. The van der Waals surface area contributed by atoms with Crippen LogP contribution in [0.4, 0.5) is 0 Å². The second-order valence-corrected chi connectivity index (χ2v) is 9.31. The zero-order chi connectivity index (χ0) is 19.3. The molecule has 1 N–H and O–H groups in total. The van der Waals surface area contributed by atoms with Crippen molar-refractivity contribution in [2.75, 3.05) is 39.1 Å². The third kappa shape index (κ3) is 5.13. The van der Waals surface area contributed by atoms with E-state index >= 15 is 0 Å². The minimum absolute atomic E-state index is 0.133. The zero-order valence-corrected chi connectivity index (χ0v) is 17.2. The molecular weight excluding hydrogens is 384 g/mol. The van der Waals surface area contributed by atoms with Crippen molar-refractivity contribution in [3.8, 4) is 0 Å². The smallest absolute Gasteiger partial charge is 0.255 e. The van der Waals surface area contributed by atoms with Crippen LogP contribution in [0.25, 0.3) is 0 Å². The highest BCUT2D eigenvalue weighted by Crippen LogP contribution is 2.26. The average Bonchev–Trinajstić information content (AvgIpc) is 2.72. The molecule has 0 spiro atoms. The van der Waals surface area contributed by atoms with Crippen molar-refractivity contribution in [2.45, 2.75) is 35.5 Å². The van der Waals surface area contributed by atoms with E-state index in [1.807, 2.05) is 6.26 Å². The van der Waals surface area contributed by atoms with Crippen LogP contribution in [0.1, 0.15) is 36.0 Å². The van der Waals surface area contributed by atoms with Gasteiger partial charge in [0, 0.05) is 24.5 Å². The van der Waals surface area contributed by atoms with E-state index in [4.69, 9.17) is 4.74 Å². The van der Waals surface area contributed by atoms with E-state index in [0.29, 0.717) is 38.4 Å². The molecule has 0 unspecified atom stereocenters. The molecule has 148 valence electrons. The van der Waals surface area contributed by atoms with Gasteiger partial charge in [0.15, 0.2) is 0 Å². The second-order valence-electron chi connectivity index (χ2n) is 6.70. The SMILES string of the molecule is CSc1ccc(S(=O)(=O)NCC2=CCCCC2)cc1C(=O)N1CCOCC1. The van der Waals surface area contributed by atoms with Gasteiger partial charge < -0.3 is 9.64 Å². The van der Waals surface area contributed by atoms with Gasteiger partial charge in [-0.05, 0) is 50.1 Å². The van der Waals surface area contributed by atoms with E-state index in [0.717, 1.165) is 29.7 Å². The van der Waals surface area contributed by atoms with Crippen LogP contribution in [0, 0.1) is 0 Å². The molecule has 1 aromatic rings. The van der Waals surface area contributed by atoms with Crippen molar-refractivity contribution in [1.82, 2.24) is 9.62 Å². The van der Waals surface area contributed by atoms with Gasteiger partial charge in [-0.3, -0.25) is 4.79 Å². The molecule has 8 heteroatoms. The summed E-state index contributed by atoms with van der Waals surface area (Å²) in [6.07, 6.45) is 8.23. The van der Waals surface area contributed by atoms with Crippen LogP contribution in [0.2, 0.25) is 0 Å². The summed E-state index contributed by atoms with van der Waals surface area (Å²) in [5.74, 6) is -0.144. The van der Waals surface area contributed by atoms with Crippen LogP contribution in [-0.2, 0) is 14.8 Å². The van der Waals surface area contributed by atoms with Gasteiger partial charge >= 0.3 is 0 Å². The third-order valence-corrected chi connectivity index (χ3v) is 7.08. The minimum Gasteiger partial charge on any atom is -0.378 e. The van der Waals surface area contributed by atoms with Crippen LogP contribution in [0.3, 0.4) is 0 Å². The summed E-state index contributed by atoms with van der Waals surface area (Å²) >= 11 is 1.44. The van der Waals surface area contributed by atoms with Crippen LogP contribution in [0.15, 0.2) is 39.6 Å². The molecule has 0 atom stereocenters.